The van der Waals surface area contributed by atoms with Crippen LogP contribution in [0.3, 0.4) is 0 Å². The van der Waals surface area contributed by atoms with Gasteiger partial charge in [0.25, 0.3) is 17.7 Å². The van der Waals surface area contributed by atoms with E-state index in [1.54, 1.807) is 43.0 Å². The minimum absolute atomic E-state index is 0.0206. The van der Waals surface area contributed by atoms with E-state index >= 15 is 0 Å². The lowest BCUT2D eigenvalue weighted by atomic mass is 9.89. The summed E-state index contributed by atoms with van der Waals surface area (Å²) in [5, 5.41) is 14.7. The van der Waals surface area contributed by atoms with Crippen molar-refractivity contribution in [1.82, 2.24) is 15.1 Å². The number of carbonyl (C=O) groups is 6. The molecule has 4 aliphatic rings. The van der Waals surface area contributed by atoms with Crippen molar-refractivity contribution < 1.29 is 41.9 Å². The Kier molecular flexibility index (Phi) is 11.5. The number of thiocarbonyl (C=S) groups is 1. The van der Waals surface area contributed by atoms with Crippen LogP contribution in [-0.4, -0.2) is 81.6 Å². The Morgan fingerprint density at radius 1 is 0.933 bits per heavy atom. The Morgan fingerprint density at radius 2 is 1.63 bits per heavy atom. The molecule has 312 valence electrons. The van der Waals surface area contributed by atoms with E-state index in [1.165, 1.54) is 6.07 Å². The van der Waals surface area contributed by atoms with Gasteiger partial charge in [-0.05, 0) is 112 Å². The number of halogens is 3. The Hall–Kier alpha value is -6.15. The topological polar surface area (TPSA) is 163 Å². The number of unbranched alkanes of at least 4 members (excludes halogenated alkanes) is 2. The number of piperidine rings is 2. The predicted octanol–water partition coefficient (Wildman–Crippen LogP) is 6.27. The Balaban J connectivity index is 0.871. The zero-order chi connectivity index (χ0) is 43.1. The number of benzene rings is 3. The number of nitriles is 1. The number of fused-ring (bicyclic) bond motifs is 1. The first-order valence-electron chi connectivity index (χ1n) is 19.8. The molecular weight excluding hydrogens is 800 g/mol. The summed E-state index contributed by atoms with van der Waals surface area (Å²) in [6.45, 7) is 5.01. The molecule has 3 aromatic rings. The average Bonchev–Trinajstić information content (AvgIpc) is 3.58. The molecule has 1 atom stereocenters. The Bertz CT molecular complexity index is 2340. The molecule has 0 aliphatic carbocycles. The molecule has 0 radical (unpaired) electrons. The third-order valence-electron chi connectivity index (χ3n) is 11.7. The zero-order valence-corrected chi connectivity index (χ0v) is 33.8. The third kappa shape index (κ3) is 7.83. The SMILES string of the molecule is CC1(C)C(=O)N(c2ccc(C#N)c(C(F)(F)F)c2)C(=S)N1c1ccc(C2CCN(C(=O)CCCCCNc3cccc4c3C(=O)N(C3CCC(=O)NC3=O)C4=O)CC2)cc1. The van der Waals surface area contributed by atoms with Crippen molar-refractivity contribution in [2.75, 3.05) is 34.8 Å². The number of likely N-dealkylation sites (tertiary alicyclic amines) is 1. The fraction of sp³-hybridized carbons (Fsp3) is 0.395. The van der Waals surface area contributed by atoms with Gasteiger partial charge in [-0.3, -0.25) is 43.9 Å². The molecule has 60 heavy (non-hydrogen) atoms. The van der Waals surface area contributed by atoms with E-state index in [0.717, 1.165) is 46.8 Å². The second kappa shape index (κ2) is 16.5. The van der Waals surface area contributed by atoms with Crippen LogP contribution in [-0.2, 0) is 25.4 Å². The van der Waals surface area contributed by atoms with Crippen LogP contribution in [0.15, 0.2) is 60.7 Å². The zero-order valence-electron chi connectivity index (χ0n) is 32.9. The standard InChI is InChI=1S/C43H42F3N7O6S/c1-42(2)40(59)51(29-15-12-27(24-47)31(23-29)43(44,45)46)41(60)53(42)28-13-10-25(11-14-28)26-18-21-50(22-19-26)35(55)9-4-3-5-20-48-32-8-6-7-30-36(32)39(58)52(38(30)57)33-16-17-34(54)49-37(33)56/h6-8,10-15,23,26,33,48H,3-5,9,16-22H2,1-2H3,(H,49,54,56). The molecule has 0 bridgehead atoms. The van der Waals surface area contributed by atoms with Crippen molar-refractivity contribution in [2.24, 2.45) is 0 Å². The van der Waals surface area contributed by atoms with Crippen molar-refractivity contribution >= 4 is 69.8 Å². The van der Waals surface area contributed by atoms with E-state index in [9.17, 15) is 47.2 Å². The fourth-order valence-electron chi connectivity index (χ4n) is 8.44. The van der Waals surface area contributed by atoms with E-state index in [0.29, 0.717) is 50.3 Å². The molecule has 4 aliphatic heterocycles. The minimum Gasteiger partial charge on any atom is -0.384 e. The largest absolute Gasteiger partial charge is 0.417 e. The van der Waals surface area contributed by atoms with Crippen LogP contribution in [0, 0.1) is 11.3 Å². The maximum Gasteiger partial charge on any atom is 0.417 e. The number of carbonyl (C=O) groups excluding carboxylic acids is 6. The Morgan fingerprint density at radius 3 is 2.30 bits per heavy atom. The van der Waals surface area contributed by atoms with E-state index in [-0.39, 0.29) is 46.6 Å². The summed E-state index contributed by atoms with van der Waals surface area (Å²) in [7, 11) is 0. The van der Waals surface area contributed by atoms with E-state index < -0.39 is 58.4 Å². The number of nitrogens with zero attached hydrogens (tertiary/aromatic N) is 5. The molecule has 3 saturated heterocycles. The van der Waals surface area contributed by atoms with Gasteiger partial charge in [0.05, 0.1) is 34.0 Å². The molecule has 1 unspecified atom stereocenters. The number of anilines is 3. The second-order valence-corrected chi connectivity index (χ2v) is 16.2. The summed E-state index contributed by atoms with van der Waals surface area (Å²) in [6.07, 6.45) is -0.597. The van der Waals surface area contributed by atoms with Crippen LogP contribution >= 0.6 is 12.2 Å². The third-order valence-corrected chi connectivity index (χ3v) is 12.0. The van der Waals surface area contributed by atoms with Crippen molar-refractivity contribution in [3.05, 3.63) is 88.5 Å². The van der Waals surface area contributed by atoms with Crippen molar-refractivity contribution in [3.63, 3.8) is 0 Å². The highest BCUT2D eigenvalue weighted by molar-refractivity contribution is 7.81. The second-order valence-electron chi connectivity index (χ2n) is 15.8. The first-order chi connectivity index (χ1) is 28.5. The molecule has 4 heterocycles. The summed E-state index contributed by atoms with van der Waals surface area (Å²) in [4.78, 5) is 82.6. The molecule has 7 rings (SSSR count). The summed E-state index contributed by atoms with van der Waals surface area (Å²) < 4.78 is 41.2. The van der Waals surface area contributed by atoms with Crippen LogP contribution in [0.25, 0.3) is 0 Å². The minimum atomic E-state index is -4.80. The van der Waals surface area contributed by atoms with Gasteiger partial charge in [-0.25, -0.2) is 0 Å². The number of imide groups is 2. The van der Waals surface area contributed by atoms with Gasteiger partial charge in [0, 0.05) is 43.9 Å². The van der Waals surface area contributed by atoms with Crippen LogP contribution in [0.4, 0.5) is 30.2 Å². The normalized spacial score (nSPS) is 19.5. The molecule has 3 aromatic carbocycles. The number of rotatable bonds is 11. The van der Waals surface area contributed by atoms with Gasteiger partial charge in [-0.15, -0.1) is 0 Å². The number of amides is 6. The molecule has 6 amide bonds. The van der Waals surface area contributed by atoms with Gasteiger partial charge in [0.15, 0.2) is 5.11 Å². The maximum atomic E-state index is 13.7. The first kappa shape index (κ1) is 42.0. The lowest BCUT2D eigenvalue weighted by molar-refractivity contribution is -0.138. The summed E-state index contributed by atoms with van der Waals surface area (Å²) in [5.41, 5.74) is -0.412. The van der Waals surface area contributed by atoms with Gasteiger partial charge in [0.1, 0.15) is 11.6 Å². The fourth-order valence-corrected chi connectivity index (χ4v) is 8.96. The molecular formula is C43H42F3N7O6S. The van der Waals surface area contributed by atoms with E-state index in [1.807, 2.05) is 29.2 Å². The lowest BCUT2D eigenvalue weighted by Crippen LogP contribution is -2.54. The smallest absolute Gasteiger partial charge is 0.384 e. The van der Waals surface area contributed by atoms with Crippen LogP contribution in [0.5, 0.6) is 0 Å². The molecule has 13 nitrogen and oxygen atoms in total. The molecule has 2 N–H and O–H groups in total. The number of alkyl halides is 3. The van der Waals surface area contributed by atoms with Gasteiger partial charge < -0.3 is 15.1 Å². The van der Waals surface area contributed by atoms with Crippen LogP contribution < -0.4 is 20.4 Å². The Labute approximate surface area is 349 Å². The number of hydrogen-bond acceptors (Lipinski definition) is 9. The molecule has 17 heteroatoms. The molecule has 0 saturated carbocycles. The maximum absolute atomic E-state index is 13.7. The summed E-state index contributed by atoms with van der Waals surface area (Å²) in [6, 6.07) is 16.1. The van der Waals surface area contributed by atoms with Gasteiger partial charge in [-0.1, -0.05) is 24.6 Å². The highest BCUT2D eigenvalue weighted by atomic mass is 32.1. The number of hydrogen-bond donors (Lipinski definition) is 2. The monoisotopic (exact) mass is 841 g/mol. The van der Waals surface area contributed by atoms with Crippen molar-refractivity contribution in [2.45, 2.75) is 88.9 Å². The molecule has 3 fully saturated rings. The highest BCUT2D eigenvalue weighted by Gasteiger charge is 2.51. The van der Waals surface area contributed by atoms with E-state index in [4.69, 9.17) is 12.2 Å². The summed E-state index contributed by atoms with van der Waals surface area (Å²) in [5.74, 6) is -2.46. The lowest BCUT2D eigenvalue weighted by Gasteiger charge is -2.33. The van der Waals surface area contributed by atoms with Gasteiger partial charge >= 0.3 is 6.18 Å². The quantitative estimate of drug-likeness (QED) is 0.128. The highest BCUT2D eigenvalue weighted by Crippen LogP contribution is 2.41. The van der Waals surface area contributed by atoms with Gasteiger partial charge in [-0.2, -0.15) is 18.4 Å². The first-order valence-corrected chi connectivity index (χ1v) is 20.2. The summed E-state index contributed by atoms with van der Waals surface area (Å²) >= 11 is 5.67. The average molecular weight is 842 g/mol. The predicted molar refractivity (Wildman–Crippen MR) is 218 cm³/mol. The van der Waals surface area contributed by atoms with Gasteiger partial charge in [0.2, 0.25) is 17.7 Å². The van der Waals surface area contributed by atoms with Crippen molar-refractivity contribution in [1.29, 1.82) is 5.26 Å². The van der Waals surface area contributed by atoms with Crippen LogP contribution in [0.1, 0.15) is 109 Å². The molecule has 0 aromatic heterocycles. The number of nitrogens with one attached hydrogen (secondary N) is 2. The van der Waals surface area contributed by atoms with Crippen molar-refractivity contribution in [3.8, 4) is 6.07 Å². The van der Waals surface area contributed by atoms with E-state index in [2.05, 4.69) is 10.6 Å². The molecule has 0 spiro atoms. The van der Waals surface area contributed by atoms with Crippen LogP contribution in [0.2, 0.25) is 0 Å².